The molecule has 6 N–H and O–H groups in total. The van der Waals surface area contributed by atoms with Crippen molar-refractivity contribution < 1.29 is 0 Å². The lowest BCUT2D eigenvalue weighted by atomic mass is 10.2. The summed E-state index contributed by atoms with van der Waals surface area (Å²) >= 11 is 4.24. The van der Waals surface area contributed by atoms with Crippen LogP contribution in [0.4, 0.5) is 0 Å². The second-order valence-corrected chi connectivity index (χ2v) is 6.37. The lowest BCUT2D eigenvalue weighted by molar-refractivity contribution is 0.639. The summed E-state index contributed by atoms with van der Waals surface area (Å²) in [5.74, 6) is -0.00580. The molecule has 9 heteroatoms. The average Bonchev–Trinajstić information content (AvgIpc) is 2.96. The number of hydrogen-bond acceptors (Lipinski definition) is 5. The van der Waals surface area contributed by atoms with E-state index < -0.39 is 0 Å². The quantitative estimate of drug-likeness (QED) is 0.160. The molecule has 26 heavy (non-hydrogen) atoms. The summed E-state index contributed by atoms with van der Waals surface area (Å²) in [6.45, 7) is 2.22. The van der Waals surface area contributed by atoms with Crippen molar-refractivity contribution in [2.45, 2.75) is 18.0 Å². The molecule has 0 fully saturated rings. The number of rotatable bonds is 7. The SMILES string of the molecule is N=C(N)NCCCNCc1ccc(-n2cc3cc(S)[nH]c3nc2=O)cc1. The highest BCUT2D eigenvalue weighted by Crippen LogP contribution is 2.15. The summed E-state index contributed by atoms with van der Waals surface area (Å²) in [7, 11) is 0. The van der Waals surface area contributed by atoms with Crippen LogP contribution in [0.3, 0.4) is 0 Å². The normalized spacial score (nSPS) is 11.0. The van der Waals surface area contributed by atoms with Crippen LogP contribution in [0.25, 0.3) is 16.7 Å². The predicted octanol–water partition coefficient (Wildman–Crippen LogP) is 0.965. The molecular weight excluding hydrogens is 350 g/mol. The lowest BCUT2D eigenvalue weighted by Crippen LogP contribution is -2.32. The van der Waals surface area contributed by atoms with E-state index >= 15 is 0 Å². The number of aromatic amines is 1. The largest absolute Gasteiger partial charge is 0.370 e. The number of H-pyrrole nitrogens is 1. The van der Waals surface area contributed by atoms with Gasteiger partial charge in [-0.05, 0) is 36.7 Å². The summed E-state index contributed by atoms with van der Waals surface area (Å²) in [4.78, 5) is 19.2. The molecule has 0 spiro atoms. The number of benzene rings is 1. The molecule has 0 atom stereocenters. The van der Waals surface area contributed by atoms with E-state index in [-0.39, 0.29) is 11.6 Å². The maximum atomic E-state index is 12.2. The number of hydrogen-bond donors (Lipinski definition) is 6. The molecule has 0 radical (unpaired) electrons. The third kappa shape index (κ3) is 4.44. The van der Waals surface area contributed by atoms with Crippen LogP contribution in [0.15, 0.2) is 46.3 Å². The number of nitrogens with two attached hydrogens (primary N) is 1. The third-order valence-electron chi connectivity index (χ3n) is 3.88. The molecule has 2 aromatic heterocycles. The van der Waals surface area contributed by atoms with Crippen molar-refractivity contribution in [3.05, 3.63) is 52.6 Å². The molecular formula is C17H21N7OS. The van der Waals surface area contributed by atoms with Gasteiger partial charge in [0.2, 0.25) is 0 Å². The minimum Gasteiger partial charge on any atom is -0.370 e. The highest BCUT2D eigenvalue weighted by molar-refractivity contribution is 7.80. The van der Waals surface area contributed by atoms with Crippen molar-refractivity contribution in [3.8, 4) is 5.69 Å². The van der Waals surface area contributed by atoms with Gasteiger partial charge in [0.05, 0.1) is 10.7 Å². The van der Waals surface area contributed by atoms with Crippen LogP contribution in [0.5, 0.6) is 0 Å². The molecule has 1 aromatic carbocycles. The zero-order valence-electron chi connectivity index (χ0n) is 14.1. The molecule has 0 aliphatic carbocycles. The first-order chi connectivity index (χ1) is 12.5. The van der Waals surface area contributed by atoms with Crippen molar-refractivity contribution in [3.63, 3.8) is 0 Å². The van der Waals surface area contributed by atoms with Gasteiger partial charge in [-0.25, -0.2) is 4.79 Å². The van der Waals surface area contributed by atoms with Gasteiger partial charge in [-0.2, -0.15) is 4.98 Å². The van der Waals surface area contributed by atoms with Crippen molar-refractivity contribution in [1.82, 2.24) is 25.2 Å². The van der Waals surface area contributed by atoms with Crippen molar-refractivity contribution in [2.24, 2.45) is 5.73 Å². The fourth-order valence-corrected chi connectivity index (χ4v) is 2.85. The first kappa shape index (κ1) is 18.0. The molecule has 0 saturated carbocycles. The van der Waals surface area contributed by atoms with Crippen molar-refractivity contribution in [1.29, 1.82) is 5.41 Å². The third-order valence-corrected chi connectivity index (χ3v) is 4.12. The Balaban J connectivity index is 1.62. The Labute approximate surface area is 155 Å². The molecule has 0 saturated heterocycles. The molecule has 0 aliphatic rings. The van der Waals surface area contributed by atoms with Gasteiger partial charge in [-0.3, -0.25) is 9.98 Å². The van der Waals surface area contributed by atoms with Crippen LogP contribution < -0.4 is 22.1 Å². The number of thiol groups is 1. The number of aromatic nitrogens is 3. The van der Waals surface area contributed by atoms with Gasteiger partial charge in [0.15, 0.2) is 5.96 Å². The van der Waals surface area contributed by atoms with E-state index in [1.165, 1.54) is 4.57 Å². The fourth-order valence-electron chi connectivity index (χ4n) is 2.61. The molecule has 0 bridgehead atoms. The summed E-state index contributed by atoms with van der Waals surface area (Å²) in [6.07, 6.45) is 2.64. The van der Waals surface area contributed by atoms with Crippen LogP contribution in [-0.2, 0) is 6.54 Å². The Kier molecular flexibility index (Phi) is 5.59. The van der Waals surface area contributed by atoms with E-state index in [2.05, 4.69) is 33.2 Å². The first-order valence-electron chi connectivity index (χ1n) is 8.22. The van der Waals surface area contributed by atoms with Gasteiger partial charge >= 0.3 is 5.69 Å². The second kappa shape index (κ2) is 8.07. The lowest BCUT2D eigenvalue weighted by Gasteiger charge is -2.08. The summed E-state index contributed by atoms with van der Waals surface area (Å²) in [6, 6.07) is 9.59. The average molecular weight is 371 g/mol. The van der Waals surface area contributed by atoms with E-state index in [9.17, 15) is 4.79 Å². The standard InChI is InChI=1S/C17H21N7OS/c18-16(19)21-7-1-6-20-9-11-2-4-13(5-3-11)24-10-12-8-14(26)22-15(12)23-17(24)25/h2-5,8,10,20,26H,1,6-7,9H2,(H4,18,19,21)(H,22,23,25). The molecule has 0 unspecified atom stereocenters. The molecule has 0 aliphatic heterocycles. The van der Waals surface area contributed by atoms with E-state index in [4.69, 9.17) is 11.1 Å². The summed E-state index contributed by atoms with van der Waals surface area (Å²) in [5, 5.41) is 14.7. The second-order valence-electron chi connectivity index (χ2n) is 5.89. The van der Waals surface area contributed by atoms with E-state index in [0.717, 1.165) is 36.1 Å². The van der Waals surface area contributed by atoms with Gasteiger partial charge < -0.3 is 21.4 Å². The van der Waals surface area contributed by atoms with Gasteiger partial charge in [0.25, 0.3) is 0 Å². The van der Waals surface area contributed by atoms with Crippen LogP contribution in [0.2, 0.25) is 0 Å². The Morgan fingerprint density at radius 3 is 2.81 bits per heavy atom. The topological polar surface area (TPSA) is 125 Å². The van der Waals surface area contributed by atoms with Crippen LogP contribution >= 0.6 is 12.6 Å². The van der Waals surface area contributed by atoms with Gasteiger partial charge in [-0.1, -0.05) is 12.1 Å². The maximum Gasteiger partial charge on any atom is 0.354 e. The maximum absolute atomic E-state index is 12.2. The van der Waals surface area contributed by atoms with E-state index in [1.807, 2.05) is 30.3 Å². The summed E-state index contributed by atoms with van der Waals surface area (Å²) < 4.78 is 1.52. The molecule has 3 aromatic rings. The zero-order valence-corrected chi connectivity index (χ0v) is 15.0. The van der Waals surface area contributed by atoms with Crippen LogP contribution in [0.1, 0.15) is 12.0 Å². The Morgan fingerprint density at radius 1 is 1.31 bits per heavy atom. The minimum atomic E-state index is -0.337. The van der Waals surface area contributed by atoms with Crippen LogP contribution in [0, 0.1) is 5.41 Å². The Bertz CT molecular complexity index is 961. The van der Waals surface area contributed by atoms with Gasteiger partial charge in [0, 0.05) is 24.7 Å². The molecule has 136 valence electrons. The molecule has 2 heterocycles. The van der Waals surface area contributed by atoms with E-state index in [0.29, 0.717) is 17.2 Å². The fraction of sp³-hybridized carbons (Fsp3) is 0.235. The zero-order chi connectivity index (χ0) is 18.5. The molecule has 0 amide bonds. The Hall–Kier alpha value is -2.78. The molecule has 3 rings (SSSR count). The molecule has 8 nitrogen and oxygen atoms in total. The smallest absolute Gasteiger partial charge is 0.354 e. The highest BCUT2D eigenvalue weighted by atomic mass is 32.1. The number of fused-ring (bicyclic) bond motifs is 1. The minimum absolute atomic E-state index is 0.00580. The van der Waals surface area contributed by atoms with Gasteiger partial charge in [0.1, 0.15) is 5.65 Å². The predicted molar refractivity (Wildman–Crippen MR) is 105 cm³/mol. The number of nitrogens with one attached hydrogen (secondary N) is 4. The summed E-state index contributed by atoms with van der Waals surface area (Å²) in [5.41, 5.74) is 7.31. The van der Waals surface area contributed by atoms with Crippen molar-refractivity contribution in [2.75, 3.05) is 13.1 Å². The highest BCUT2D eigenvalue weighted by Gasteiger charge is 2.06. The number of nitrogens with zero attached hydrogens (tertiary/aromatic N) is 2. The van der Waals surface area contributed by atoms with Crippen molar-refractivity contribution >= 4 is 29.6 Å². The first-order valence-corrected chi connectivity index (χ1v) is 8.67. The Morgan fingerprint density at radius 2 is 2.08 bits per heavy atom. The monoisotopic (exact) mass is 371 g/mol. The van der Waals surface area contributed by atoms with Gasteiger partial charge in [-0.15, -0.1) is 12.6 Å². The van der Waals surface area contributed by atoms with E-state index in [1.54, 1.807) is 6.20 Å². The van der Waals surface area contributed by atoms with Crippen LogP contribution in [-0.4, -0.2) is 33.6 Å². The number of guanidine groups is 1.